The van der Waals surface area contributed by atoms with Crippen molar-refractivity contribution in [3.63, 3.8) is 0 Å². The van der Waals surface area contributed by atoms with E-state index in [-0.39, 0.29) is 0 Å². The van der Waals surface area contributed by atoms with Crippen molar-refractivity contribution in [3.05, 3.63) is 77.4 Å². The molecular formula is C16H15N5. The summed E-state index contributed by atoms with van der Waals surface area (Å²) in [6.07, 6.45) is 6.57. The first-order valence-corrected chi connectivity index (χ1v) is 6.77. The summed E-state index contributed by atoms with van der Waals surface area (Å²) in [6, 6.07) is 9.95. The van der Waals surface area contributed by atoms with Crippen LogP contribution in [0.2, 0.25) is 0 Å². The Bertz CT molecular complexity index is 693. The van der Waals surface area contributed by atoms with Gasteiger partial charge in [-0.05, 0) is 36.8 Å². The fourth-order valence-corrected chi connectivity index (χ4v) is 2.00. The maximum atomic E-state index is 4.29. The van der Waals surface area contributed by atoms with E-state index in [0.717, 1.165) is 34.8 Å². The van der Waals surface area contributed by atoms with E-state index in [1.165, 1.54) is 0 Å². The highest BCUT2D eigenvalue weighted by molar-refractivity contribution is 5.21. The Kier molecular flexibility index (Phi) is 3.91. The number of nitrogens with zero attached hydrogens (tertiary/aromatic N) is 5. The highest BCUT2D eigenvalue weighted by Gasteiger charge is 2.02. The first-order valence-electron chi connectivity index (χ1n) is 6.77. The van der Waals surface area contributed by atoms with Gasteiger partial charge in [-0.15, -0.1) is 0 Å². The molecule has 0 aliphatic heterocycles. The summed E-state index contributed by atoms with van der Waals surface area (Å²) < 4.78 is 0. The first kappa shape index (κ1) is 13.3. The molecule has 0 saturated heterocycles. The third-order valence-electron chi connectivity index (χ3n) is 3.14. The number of hydrogen-bond donors (Lipinski definition) is 0. The molecular weight excluding hydrogens is 262 g/mol. The predicted molar refractivity (Wildman–Crippen MR) is 78.7 cm³/mol. The van der Waals surface area contributed by atoms with Crippen molar-refractivity contribution < 1.29 is 0 Å². The normalized spacial score (nSPS) is 10.5. The first-order chi connectivity index (χ1) is 10.3. The molecule has 5 heteroatoms. The largest absolute Gasteiger partial charge is 0.261 e. The summed E-state index contributed by atoms with van der Waals surface area (Å²) in [5.41, 5.74) is 4.94. The zero-order valence-electron chi connectivity index (χ0n) is 11.8. The van der Waals surface area contributed by atoms with Crippen LogP contribution in [0.15, 0.2) is 49.1 Å². The highest BCUT2D eigenvalue weighted by Crippen LogP contribution is 2.08. The molecule has 0 amide bonds. The molecule has 21 heavy (non-hydrogen) atoms. The maximum absolute atomic E-state index is 4.29. The molecule has 0 fully saturated rings. The molecule has 3 aromatic rings. The Morgan fingerprint density at radius 2 is 1.62 bits per heavy atom. The molecule has 0 aliphatic rings. The average Bonchev–Trinajstić information content (AvgIpc) is 2.53. The van der Waals surface area contributed by atoms with Crippen molar-refractivity contribution in [2.75, 3.05) is 0 Å². The van der Waals surface area contributed by atoms with Crippen LogP contribution in [0.3, 0.4) is 0 Å². The highest BCUT2D eigenvalue weighted by atomic mass is 15.1. The van der Waals surface area contributed by atoms with Gasteiger partial charge in [-0.2, -0.15) is 10.2 Å². The van der Waals surface area contributed by atoms with Gasteiger partial charge >= 0.3 is 0 Å². The summed E-state index contributed by atoms with van der Waals surface area (Å²) in [5.74, 6) is 0. The van der Waals surface area contributed by atoms with Gasteiger partial charge in [0.15, 0.2) is 0 Å². The molecule has 0 atom stereocenters. The van der Waals surface area contributed by atoms with Gasteiger partial charge in [-0.1, -0.05) is 6.07 Å². The van der Waals surface area contributed by atoms with Crippen molar-refractivity contribution in [2.45, 2.75) is 19.8 Å². The van der Waals surface area contributed by atoms with Gasteiger partial charge in [-0.3, -0.25) is 4.98 Å². The van der Waals surface area contributed by atoms with E-state index in [0.29, 0.717) is 6.42 Å². The van der Waals surface area contributed by atoms with Crippen molar-refractivity contribution in [1.82, 2.24) is 25.1 Å². The summed E-state index contributed by atoms with van der Waals surface area (Å²) in [7, 11) is 0. The van der Waals surface area contributed by atoms with E-state index in [9.17, 15) is 0 Å². The van der Waals surface area contributed by atoms with Gasteiger partial charge < -0.3 is 0 Å². The lowest BCUT2D eigenvalue weighted by molar-refractivity contribution is 0.867. The summed E-state index contributed by atoms with van der Waals surface area (Å²) in [5, 5.41) is 8.53. The smallest absolute Gasteiger partial charge is 0.115 e. The Morgan fingerprint density at radius 3 is 2.24 bits per heavy atom. The van der Waals surface area contributed by atoms with E-state index in [2.05, 4.69) is 31.2 Å². The van der Waals surface area contributed by atoms with Crippen molar-refractivity contribution in [1.29, 1.82) is 0 Å². The molecule has 0 saturated carbocycles. The molecule has 104 valence electrons. The minimum Gasteiger partial charge on any atom is -0.261 e. The Labute approximate surface area is 123 Å². The van der Waals surface area contributed by atoms with Crippen LogP contribution in [-0.4, -0.2) is 25.1 Å². The predicted octanol–water partition coefficient (Wildman–Crippen LogP) is 2.15. The molecule has 5 nitrogen and oxygen atoms in total. The minimum absolute atomic E-state index is 0.669. The van der Waals surface area contributed by atoms with Crippen molar-refractivity contribution in [2.24, 2.45) is 0 Å². The van der Waals surface area contributed by atoms with Crippen molar-refractivity contribution >= 4 is 0 Å². The third-order valence-corrected chi connectivity index (χ3v) is 3.14. The molecule has 0 spiro atoms. The molecule has 0 aromatic carbocycles. The Balaban J connectivity index is 1.68. The summed E-state index contributed by atoms with van der Waals surface area (Å²) >= 11 is 0. The fourth-order valence-electron chi connectivity index (χ4n) is 2.00. The lowest BCUT2D eigenvalue weighted by Crippen LogP contribution is -2.00. The summed E-state index contributed by atoms with van der Waals surface area (Å²) in [6.45, 7) is 1.98. The van der Waals surface area contributed by atoms with Gasteiger partial charge in [0.05, 0.1) is 11.4 Å². The molecule has 3 aromatic heterocycles. The second-order valence-corrected chi connectivity index (χ2v) is 4.88. The number of pyridine rings is 1. The molecule has 3 heterocycles. The SMILES string of the molecule is Cc1ccc(Cc2ccc(Cc3ccncn3)nn2)cn1. The van der Waals surface area contributed by atoms with Crippen LogP contribution in [0.5, 0.6) is 0 Å². The average molecular weight is 277 g/mol. The molecule has 3 rings (SSSR count). The van der Waals surface area contributed by atoms with Crippen molar-refractivity contribution in [3.8, 4) is 0 Å². The zero-order valence-corrected chi connectivity index (χ0v) is 11.8. The van der Waals surface area contributed by atoms with Gasteiger partial charge in [0.1, 0.15) is 6.33 Å². The number of aryl methyl sites for hydroxylation is 1. The lowest BCUT2D eigenvalue weighted by atomic mass is 10.1. The topological polar surface area (TPSA) is 64.5 Å². The standard InChI is InChI=1S/C16H15N5/c1-12-2-3-13(10-18-12)8-15-4-5-16(21-20-15)9-14-6-7-17-11-19-14/h2-7,10-11H,8-9H2,1H3. The van der Waals surface area contributed by atoms with Crippen LogP contribution < -0.4 is 0 Å². The second kappa shape index (κ2) is 6.17. The van der Waals surface area contributed by atoms with Crippen LogP contribution in [0.25, 0.3) is 0 Å². The van der Waals surface area contributed by atoms with Crippen LogP contribution in [-0.2, 0) is 12.8 Å². The molecule has 0 bridgehead atoms. The second-order valence-electron chi connectivity index (χ2n) is 4.88. The molecule has 0 aliphatic carbocycles. The Hall–Kier alpha value is -2.69. The van der Waals surface area contributed by atoms with E-state index in [4.69, 9.17) is 0 Å². The van der Waals surface area contributed by atoms with E-state index in [1.807, 2.05) is 37.4 Å². The van der Waals surface area contributed by atoms with Crippen LogP contribution in [0.1, 0.15) is 28.3 Å². The number of rotatable bonds is 4. The lowest BCUT2D eigenvalue weighted by Gasteiger charge is -2.03. The zero-order chi connectivity index (χ0) is 14.5. The van der Waals surface area contributed by atoms with E-state index >= 15 is 0 Å². The maximum Gasteiger partial charge on any atom is 0.115 e. The monoisotopic (exact) mass is 277 g/mol. The fraction of sp³-hybridized carbons (Fsp3) is 0.188. The van der Waals surface area contributed by atoms with E-state index < -0.39 is 0 Å². The van der Waals surface area contributed by atoms with Gasteiger partial charge in [-0.25, -0.2) is 9.97 Å². The quantitative estimate of drug-likeness (QED) is 0.731. The van der Waals surface area contributed by atoms with Crippen LogP contribution >= 0.6 is 0 Å². The minimum atomic E-state index is 0.669. The number of aromatic nitrogens is 5. The van der Waals surface area contributed by atoms with Gasteiger partial charge in [0.25, 0.3) is 0 Å². The Morgan fingerprint density at radius 1 is 0.810 bits per heavy atom. The summed E-state index contributed by atoms with van der Waals surface area (Å²) in [4.78, 5) is 12.4. The number of hydrogen-bond acceptors (Lipinski definition) is 5. The van der Waals surface area contributed by atoms with E-state index in [1.54, 1.807) is 12.5 Å². The third kappa shape index (κ3) is 3.66. The van der Waals surface area contributed by atoms with Gasteiger partial charge in [0, 0.05) is 36.6 Å². The molecule has 0 radical (unpaired) electrons. The molecule has 0 unspecified atom stereocenters. The van der Waals surface area contributed by atoms with Gasteiger partial charge in [0.2, 0.25) is 0 Å². The van der Waals surface area contributed by atoms with Crippen LogP contribution in [0.4, 0.5) is 0 Å². The van der Waals surface area contributed by atoms with Crippen LogP contribution in [0, 0.1) is 6.92 Å². The molecule has 0 N–H and O–H groups in total.